The topological polar surface area (TPSA) is 78.9 Å². The summed E-state index contributed by atoms with van der Waals surface area (Å²) in [6.07, 6.45) is 53.8. The van der Waals surface area contributed by atoms with Gasteiger partial charge in [-0.15, -0.1) is 0 Å². The molecule has 0 heterocycles. The van der Waals surface area contributed by atoms with E-state index in [1.807, 2.05) is 6.08 Å². The van der Waals surface area contributed by atoms with Crippen LogP contribution in [0.15, 0.2) is 60.8 Å². The monoisotopic (exact) mass is 783 g/mol. The lowest BCUT2D eigenvalue weighted by Gasteiger charge is -2.18. The second-order valence-corrected chi connectivity index (χ2v) is 15.3. The van der Waals surface area contributed by atoms with Crippen LogP contribution in [0.4, 0.5) is 0 Å². The van der Waals surface area contributed by atoms with Gasteiger partial charge < -0.3 is 14.2 Å². The van der Waals surface area contributed by atoms with Crippen molar-refractivity contribution in [1.82, 2.24) is 0 Å². The highest BCUT2D eigenvalue weighted by Crippen LogP contribution is 2.13. The maximum Gasteiger partial charge on any atom is 0.309 e. The molecule has 56 heavy (non-hydrogen) atoms. The van der Waals surface area contributed by atoms with Crippen LogP contribution >= 0.6 is 0 Å². The van der Waals surface area contributed by atoms with Crippen molar-refractivity contribution < 1.29 is 28.6 Å². The molecule has 0 aromatic rings. The molecule has 0 aliphatic heterocycles. The van der Waals surface area contributed by atoms with E-state index in [2.05, 4.69) is 69.4 Å². The Balaban J connectivity index is 4.43. The fourth-order valence-electron chi connectivity index (χ4n) is 6.26. The largest absolute Gasteiger partial charge is 0.462 e. The van der Waals surface area contributed by atoms with Crippen molar-refractivity contribution in [2.24, 2.45) is 0 Å². The van der Waals surface area contributed by atoms with E-state index >= 15 is 0 Å². The van der Waals surface area contributed by atoms with Crippen LogP contribution in [0.2, 0.25) is 0 Å². The zero-order chi connectivity index (χ0) is 40.8. The summed E-state index contributed by atoms with van der Waals surface area (Å²) in [7, 11) is 0. The molecule has 0 saturated carbocycles. The first-order valence-electron chi connectivity index (χ1n) is 23.3. The van der Waals surface area contributed by atoms with Gasteiger partial charge in [0.2, 0.25) is 0 Å². The Hall–Kier alpha value is -2.89. The van der Waals surface area contributed by atoms with E-state index in [0.717, 1.165) is 77.0 Å². The number of carbonyl (C=O) groups is 3. The summed E-state index contributed by atoms with van der Waals surface area (Å²) in [6, 6.07) is 0. The Bertz CT molecular complexity index is 1040. The van der Waals surface area contributed by atoms with Crippen LogP contribution in [-0.2, 0) is 28.6 Å². The molecule has 6 nitrogen and oxygen atoms in total. The number of unbranched alkanes of at least 4 members (excludes halogenated alkanes) is 21. The smallest absolute Gasteiger partial charge is 0.309 e. The van der Waals surface area contributed by atoms with Gasteiger partial charge in [0.1, 0.15) is 13.2 Å². The molecular formula is C50H86O6. The molecular weight excluding hydrogens is 697 g/mol. The molecule has 0 aromatic heterocycles. The number of allylic oxidation sites excluding steroid dienone is 9. The Labute approximate surface area is 345 Å². The van der Waals surface area contributed by atoms with Crippen molar-refractivity contribution in [2.75, 3.05) is 13.2 Å². The van der Waals surface area contributed by atoms with Crippen LogP contribution in [0, 0.1) is 0 Å². The summed E-state index contributed by atoms with van der Waals surface area (Å²) >= 11 is 0. The predicted octanol–water partition coefficient (Wildman–Crippen LogP) is 14.9. The van der Waals surface area contributed by atoms with Crippen molar-refractivity contribution in [1.29, 1.82) is 0 Å². The second kappa shape index (κ2) is 44.8. The zero-order valence-electron chi connectivity index (χ0n) is 36.6. The molecule has 1 atom stereocenters. The lowest BCUT2D eigenvalue weighted by molar-refractivity contribution is -0.166. The number of ether oxygens (including phenoxy) is 3. The highest BCUT2D eigenvalue weighted by molar-refractivity contribution is 5.72. The molecule has 0 rings (SSSR count). The van der Waals surface area contributed by atoms with Crippen LogP contribution < -0.4 is 0 Å². The van der Waals surface area contributed by atoms with Crippen molar-refractivity contribution >= 4 is 17.9 Å². The molecule has 322 valence electrons. The standard InChI is InChI=1S/C50H86O6/c1-4-7-10-13-16-19-21-23-24-25-27-28-31-34-37-40-43-49(52)55-46-47(45-54-48(51)42-39-36-33-30-18-15-12-9-6-3)56-50(53)44-41-38-35-32-29-26-22-20-17-14-11-8-5-2/h9,12,18,24-26,29-30,36,39,47H,4-8,10-11,13-17,19-23,27-28,31-35,37-38,40-46H2,1-3H3/b12-9-,25-24-,29-26-,30-18-,39-36-. The first-order valence-corrected chi connectivity index (χ1v) is 23.3. The van der Waals surface area contributed by atoms with E-state index in [1.165, 1.54) is 103 Å². The highest BCUT2D eigenvalue weighted by Gasteiger charge is 2.19. The van der Waals surface area contributed by atoms with Gasteiger partial charge in [-0.05, 0) is 83.5 Å². The lowest BCUT2D eigenvalue weighted by atomic mass is 10.1. The molecule has 0 aliphatic rings. The van der Waals surface area contributed by atoms with Gasteiger partial charge >= 0.3 is 17.9 Å². The summed E-state index contributed by atoms with van der Waals surface area (Å²) in [5.41, 5.74) is 0. The van der Waals surface area contributed by atoms with Gasteiger partial charge in [0.15, 0.2) is 6.10 Å². The molecule has 0 bridgehead atoms. The molecule has 0 N–H and O–H groups in total. The molecule has 0 radical (unpaired) electrons. The third-order valence-electron chi connectivity index (χ3n) is 9.76. The van der Waals surface area contributed by atoms with E-state index in [-0.39, 0.29) is 31.6 Å². The third kappa shape index (κ3) is 42.3. The molecule has 0 aromatic carbocycles. The Kier molecular flexibility index (Phi) is 42.5. The van der Waals surface area contributed by atoms with Crippen LogP contribution in [0.5, 0.6) is 0 Å². The van der Waals surface area contributed by atoms with Gasteiger partial charge in [0, 0.05) is 12.8 Å². The average molecular weight is 783 g/mol. The molecule has 0 fully saturated rings. The lowest BCUT2D eigenvalue weighted by Crippen LogP contribution is -2.30. The van der Waals surface area contributed by atoms with Crippen LogP contribution in [0.3, 0.4) is 0 Å². The number of carbonyl (C=O) groups excluding carboxylic acids is 3. The summed E-state index contributed by atoms with van der Waals surface area (Å²) in [5, 5.41) is 0. The van der Waals surface area contributed by atoms with Gasteiger partial charge in [-0.25, -0.2) is 0 Å². The summed E-state index contributed by atoms with van der Waals surface area (Å²) in [6.45, 7) is 6.38. The number of rotatable bonds is 41. The molecule has 1 unspecified atom stereocenters. The molecule has 6 heteroatoms. The predicted molar refractivity (Wildman–Crippen MR) is 238 cm³/mol. The molecule has 0 amide bonds. The van der Waals surface area contributed by atoms with E-state index in [9.17, 15) is 14.4 Å². The van der Waals surface area contributed by atoms with Crippen LogP contribution in [0.1, 0.15) is 220 Å². The van der Waals surface area contributed by atoms with Crippen molar-refractivity contribution in [3.63, 3.8) is 0 Å². The maximum atomic E-state index is 12.7. The third-order valence-corrected chi connectivity index (χ3v) is 9.76. The fourth-order valence-corrected chi connectivity index (χ4v) is 6.26. The van der Waals surface area contributed by atoms with Crippen molar-refractivity contribution in [2.45, 2.75) is 226 Å². The quantitative estimate of drug-likeness (QED) is 0.0266. The summed E-state index contributed by atoms with van der Waals surface area (Å²) < 4.78 is 16.6. The SMILES string of the molecule is CC/C=C\C/C=C\C/C=C\CC(=O)OCC(COC(=O)CCCCCCC/C=C\CCCCCCCCC)OC(=O)CCCCC/C=C\CCCCCCCC. The first kappa shape index (κ1) is 53.1. The average Bonchev–Trinajstić information content (AvgIpc) is 3.19. The van der Waals surface area contributed by atoms with Gasteiger partial charge in [0.25, 0.3) is 0 Å². The number of hydrogen-bond donors (Lipinski definition) is 0. The highest BCUT2D eigenvalue weighted by atomic mass is 16.6. The summed E-state index contributed by atoms with van der Waals surface area (Å²) in [4.78, 5) is 37.6. The van der Waals surface area contributed by atoms with Gasteiger partial charge in [-0.2, -0.15) is 0 Å². The minimum absolute atomic E-state index is 0.112. The minimum atomic E-state index is -0.817. The summed E-state index contributed by atoms with van der Waals surface area (Å²) in [5.74, 6) is -1.07. The Morgan fingerprint density at radius 1 is 0.393 bits per heavy atom. The van der Waals surface area contributed by atoms with Crippen LogP contribution in [0.25, 0.3) is 0 Å². The molecule has 0 spiro atoms. The zero-order valence-corrected chi connectivity index (χ0v) is 36.6. The molecule has 0 aliphatic carbocycles. The first-order chi connectivity index (χ1) is 27.5. The van der Waals surface area contributed by atoms with E-state index in [1.54, 1.807) is 6.08 Å². The minimum Gasteiger partial charge on any atom is -0.462 e. The second-order valence-electron chi connectivity index (χ2n) is 15.3. The van der Waals surface area contributed by atoms with E-state index < -0.39 is 12.1 Å². The van der Waals surface area contributed by atoms with Crippen molar-refractivity contribution in [3.8, 4) is 0 Å². The number of esters is 3. The fraction of sp³-hybridized carbons (Fsp3) is 0.740. The van der Waals surface area contributed by atoms with Crippen molar-refractivity contribution in [3.05, 3.63) is 60.8 Å². The van der Waals surface area contributed by atoms with E-state index in [4.69, 9.17) is 14.2 Å². The van der Waals surface area contributed by atoms with E-state index in [0.29, 0.717) is 12.8 Å². The number of hydrogen-bond acceptors (Lipinski definition) is 6. The maximum absolute atomic E-state index is 12.7. The van der Waals surface area contributed by atoms with Gasteiger partial charge in [0.05, 0.1) is 6.42 Å². The molecule has 0 saturated heterocycles. The Morgan fingerprint density at radius 2 is 0.768 bits per heavy atom. The normalized spacial score (nSPS) is 12.6. The Morgan fingerprint density at radius 3 is 1.25 bits per heavy atom. The van der Waals surface area contributed by atoms with Crippen LogP contribution in [-0.4, -0.2) is 37.2 Å². The van der Waals surface area contributed by atoms with Gasteiger partial charge in [-0.3, -0.25) is 14.4 Å². The van der Waals surface area contributed by atoms with Gasteiger partial charge in [-0.1, -0.05) is 178 Å².